The molecule has 0 bridgehead atoms. The lowest BCUT2D eigenvalue weighted by molar-refractivity contribution is -0.139. The van der Waals surface area contributed by atoms with Crippen LogP contribution in [0, 0.1) is 0 Å². The fraction of sp³-hybridized carbons (Fsp3) is 0.385. The molecule has 0 saturated heterocycles. The summed E-state index contributed by atoms with van der Waals surface area (Å²) in [6.45, 7) is 6.83. The van der Waals surface area contributed by atoms with Gasteiger partial charge in [-0.3, -0.25) is 14.4 Å². The van der Waals surface area contributed by atoms with Crippen LogP contribution in [0.2, 0.25) is 0 Å². The molecule has 3 amide bonds. The van der Waals surface area contributed by atoms with Crippen LogP contribution in [0.1, 0.15) is 32.8 Å². The first-order valence-corrected chi connectivity index (χ1v) is 12.8. The van der Waals surface area contributed by atoms with E-state index in [1.54, 1.807) is 36.4 Å². The van der Waals surface area contributed by atoms with Gasteiger partial charge in [0, 0.05) is 18.8 Å². The zero-order chi connectivity index (χ0) is 27.9. The Kier molecular flexibility index (Phi) is 13.1. The Hall–Kier alpha value is -3.64. The Labute approximate surface area is 230 Å². The van der Waals surface area contributed by atoms with Crippen molar-refractivity contribution in [1.29, 1.82) is 0 Å². The number of nitrogens with zero attached hydrogens (tertiary/aromatic N) is 1. The SMILES string of the molecule is CCOc1ccc(NC(=O)COc2c(Br)cc(/C=N\NC(=O)C(=O)NCCCOC(C)C)cc2OC)cc1. The lowest BCUT2D eigenvalue weighted by Gasteiger charge is -2.13. The van der Waals surface area contributed by atoms with Crippen molar-refractivity contribution in [2.24, 2.45) is 5.10 Å². The highest BCUT2D eigenvalue weighted by molar-refractivity contribution is 9.10. The standard InChI is InChI=1S/C26H33BrN4O7/c1-5-36-20-9-7-19(8-10-20)30-23(32)16-38-24-21(27)13-18(14-22(24)35-4)15-29-31-26(34)25(33)28-11-6-12-37-17(2)3/h7-10,13-15,17H,5-6,11-12,16H2,1-4H3,(H,28,33)(H,30,32)(H,31,34)/b29-15-. The van der Waals surface area contributed by atoms with Crippen molar-refractivity contribution in [3.8, 4) is 17.2 Å². The van der Waals surface area contributed by atoms with Gasteiger partial charge in [-0.15, -0.1) is 0 Å². The number of hydrogen-bond donors (Lipinski definition) is 3. The number of hydrogen-bond acceptors (Lipinski definition) is 8. The van der Waals surface area contributed by atoms with Gasteiger partial charge in [-0.2, -0.15) is 5.10 Å². The molecule has 2 aromatic carbocycles. The van der Waals surface area contributed by atoms with Gasteiger partial charge in [0.2, 0.25) is 0 Å². The predicted octanol–water partition coefficient (Wildman–Crippen LogP) is 3.26. The minimum atomic E-state index is -0.893. The number of ether oxygens (including phenoxy) is 4. The number of amides is 3. The molecular formula is C26H33BrN4O7. The zero-order valence-electron chi connectivity index (χ0n) is 21.8. The van der Waals surface area contributed by atoms with Crippen molar-refractivity contribution in [3.63, 3.8) is 0 Å². The minimum Gasteiger partial charge on any atom is -0.494 e. The third-order valence-electron chi connectivity index (χ3n) is 4.69. The number of carbonyl (C=O) groups is 3. The first-order chi connectivity index (χ1) is 18.2. The molecule has 38 heavy (non-hydrogen) atoms. The Morgan fingerprint density at radius 3 is 2.47 bits per heavy atom. The summed E-state index contributed by atoms with van der Waals surface area (Å²) >= 11 is 3.40. The van der Waals surface area contributed by atoms with Crippen molar-refractivity contribution >= 4 is 45.6 Å². The number of rotatable bonds is 14. The molecule has 206 valence electrons. The molecule has 0 radical (unpaired) electrons. The molecular weight excluding hydrogens is 560 g/mol. The summed E-state index contributed by atoms with van der Waals surface area (Å²) in [4.78, 5) is 36.1. The number of hydrazone groups is 1. The average Bonchev–Trinajstić information content (AvgIpc) is 2.88. The van der Waals surface area contributed by atoms with Crippen LogP contribution >= 0.6 is 15.9 Å². The van der Waals surface area contributed by atoms with Crippen LogP contribution < -0.4 is 30.3 Å². The van der Waals surface area contributed by atoms with Crippen LogP contribution in [0.25, 0.3) is 0 Å². The van der Waals surface area contributed by atoms with Crippen molar-refractivity contribution in [3.05, 3.63) is 46.4 Å². The Morgan fingerprint density at radius 1 is 1.08 bits per heavy atom. The molecule has 0 aliphatic carbocycles. The van der Waals surface area contributed by atoms with Gasteiger partial charge in [0.25, 0.3) is 5.91 Å². The van der Waals surface area contributed by atoms with E-state index in [0.29, 0.717) is 59.2 Å². The summed E-state index contributed by atoms with van der Waals surface area (Å²) in [5.74, 6) is -0.681. The second kappa shape index (κ2) is 16.3. The molecule has 0 fully saturated rings. The lowest BCUT2D eigenvalue weighted by Crippen LogP contribution is -2.38. The Morgan fingerprint density at radius 2 is 1.82 bits per heavy atom. The van der Waals surface area contributed by atoms with E-state index in [2.05, 4.69) is 37.1 Å². The van der Waals surface area contributed by atoms with Gasteiger partial charge in [0.1, 0.15) is 5.75 Å². The first kappa shape index (κ1) is 30.6. The lowest BCUT2D eigenvalue weighted by atomic mass is 10.2. The van der Waals surface area contributed by atoms with Crippen LogP contribution in [-0.4, -0.2) is 63.5 Å². The molecule has 0 aromatic heterocycles. The van der Waals surface area contributed by atoms with E-state index < -0.39 is 11.8 Å². The Bertz CT molecular complexity index is 1110. The monoisotopic (exact) mass is 592 g/mol. The molecule has 2 rings (SSSR count). The van der Waals surface area contributed by atoms with Gasteiger partial charge in [0.05, 0.1) is 30.5 Å². The molecule has 3 N–H and O–H groups in total. The molecule has 12 heteroatoms. The molecule has 0 saturated carbocycles. The highest BCUT2D eigenvalue weighted by Gasteiger charge is 2.14. The third kappa shape index (κ3) is 10.8. The molecule has 0 spiro atoms. The third-order valence-corrected chi connectivity index (χ3v) is 5.28. The maximum atomic E-state index is 12.3. The van der Waals surface area contributed by atoms with Gasteiger partial charge in [0.15, 0.2) is 18.1 Å². The summed E-state index contributed by atoms with van der Waals surface area (Å²) < 4.78 is 22.3. The minimum absolute atomic E-state index is 0.108. The van der Waals surface area contributed by atoms with Crippen LogP contribution in [0.4, 0.5) is 5.69 Å². The van der Waals surface area contributed by atoms with Gasteiger partial charge < -0.3 is 29.6 Å². The van der Waals surface area contributed by atoms with Crippen LogP contribution in [0.5, 0.6) is 17.2 Å². The van der Waals surface area contributed by atoms with Crippen molar-refractivity contribution < 1.29 is 33.3 Å². The van der Waals surface area contributed by atoms with E-state index in [1.165, 1.54) is 13.3 Å². The summed E-state index contributed by atoms with van der Waals surface area (Å²) in [6, 6.07) is 10.3. The molecule has 0 heterocycles. The summed E-state index contributed by atoms with van der Waals surface area (Å²) in [5.41, 5.74) is 3.33. The van der Waals surface area contributed by atoms with E-state index in [-0.39, 0.29) is 18.6 Å². The largest absolute Gasteiger partial charge is 0.494 e. The maximum absolute atomic E-state index is 12.3. The smallest absolute Gasteiger partial charge is 0.329 e. The van der Waals surface area contributed by atoms with Crippen molar-refractivity contribution in [2.75, 3.05) is 38.8 Å². The van der Waals surface area contributed by atoms with Crippen molar-refractivity contribution in [1.82, 2.24) is 10.7 Å². The molecule has 0 atom stereocenters. The number of carbonyl (C=O) groups excluding carboxylic acids is 3. The normalized spacial score (nSPS) is 10.8. The van der Waals surface area contributed by atoms with Gasteiger partial charge in [-0.05, 0) is 85.1 Å². The highest BCUT2D eigenvalue weighted by Crippen LogP contribution is 2.36. The van der Waals surface area contributed by atoms with Gasteiger partial charge in [-0.1, -0.05) is 0 Å². The van der Waals surface area contributed by atoms with E-state index in [1.807, 2.05) is 20.8 Å². The quantitative estimate of drug-likeness (QED) is 0.132. The Balaban J connectivity index is 1.87. The van der Waals surface area contributed by atoms with Crippen molar-refractivity contribution in [2.45, 2.75) is 33.3 Å². The van der Waals surface area contributed by atoms with Gasteiger partial charge in [-0.25, -0.2) is 5.43 Å². The fourth-order valence-corrected chi connectivity index (χ4v) is 3.55. The zero-order valence-corrected chi connectivity index (χ0v) is 23.4. The van der Waals surface area contributed by atoms with E-state index in [9.17, 15) is 14.4 Å². The molecule has 0 aliphatic rings. The molecule has 11 nitrogen and oxygen atoms in total. The number of methoxy groups -OCH3 is 1. The second-order valence-electron chi connectivity index (χ2n) is 8.06. The topological polar surface area (TPSA) is 137 Å². The maximum Gasteiger partial charge on any atom is 0.329 e. The van der Waals surface area contributed by atoms with Gasteiger partial charge >= 0.3 is 11.8 Å². The summed E-state index contributed by atoms with van der Waals surface area (Å²) in [5, 5.41) is 9.06. The van der Waals surface area contributed by atoms with Crippen LogP contribution in [-0.2, 0) is 19.1 Å². The molecule has 0 aliphatic heterocycles. The van der Waals surface area contributed by atoms with E-state index in [0.717, 1.165) is 0 Å². The number of anilines is 1. The number of benzene rings is 2. The predicted molar refractivity (Wildman–Crippen MR) is 147 cm³/mol. The first-order valence-electron chi connectivity index (χ1n) is 12.0. The molecule has 0 unspecified atom stereocenters. The summed E-state index contributed by atoms with van der Waals surface area (Å²) in [7, 11) is 1.45. The van der Waals surface area contributed by atoms with E-state index >= 15 is 0 Å². The number of halogens is 1. The summed E-state index contributed by atoms with van der Waals surface area (Å²) in [6.07, 6.45) is 2.04. The van der Waals surface area contributed by atoms with Crippen LogP contribution in [0.15, 0.2) is 46.0 Å². The number of nitrogens with one attached hydrogen (secondary N) is 3. The fourth-order valence-electron chi connectivity index (χ4n) is 2.98. The highest BCUT2D eigenvalue weighted by atomic mass is 79.9. The molecule has 2 aromatic rings. The van der Waals surface area contributed by atoms with Crippen LogP contribution in [0.3, 0.4) is 0 Å². The second-order valence-corrected chi connectivity index (χ2v) is 8.91. The average molecular weight is 593 g/mol. The van der Waals surface area contributed by atoms with E-state index in [4.69, 9.17) is 18.9 Å².